The minimum Gasteiger partial charge on any atom is -0.481 e. The first kappa shape index (κ1) is 20.5. The summed E-state index contributed by atoms with van der Waals surface area (Å²) in [6, 6.07) is 15.1. The van der Waals surface area contributed by atoms with Gasteiger partial charge in [0.2, 0.25) is 0 Å². The van der Waals surface area contributed by atoms with Gasteiger partial charge in [-0.2, -0.15) is 5.10 Å². The van der Waals surface area contributed by atoms with Crippen molar-refractivity contribution in [2.24, 2.45) is 5.73 Å². The lowest BCUT2D eigenvalue weighted by molar-refractivity contribution is -0.122. The van der Waals surface area contributed by atoms with E-state index in [4.69, 9.17) is 10.5 Å². The molecule has 1 atom stereocenters. The number of nitrogens with two attached hydrogens (primary N) is 1. The molecule has 1 aromatic heterocycles. The summed E-state index contributed by atoms with van der Waals surface area (Å²) in [5.74, 6) is 1.63. The monoisotopic (exact) mass is 393 g/mol. The van der Waals surface area contributed by atoms with Gasteiger partial charge in [-0.05, 0) is 54.3 Å². The summed E-state index contributed by atoms with van der Waals surface area (Å²) in [5, 5.41) is 9.76. The maximum absolute atomic E-state index is 12.5. The highest BCUT2D eigenvalue weighted by molar-refractivity contribution is 5.94. The van der Waals surface area contributed by atoms with Crippen molar-refractivity contribution < 1.29 is 9.53 Å². The molecule has 0 aliphatic heterocycles. The Kier molecular flexibility index (Phi) is 5.98. The van der Waals surface area contributed by atoms with Crippen molar-refractivity contribution in [3.05, 3.63) is 59.9 Å². The van der Waals surface area contributed by atoms with Crippen LogP contribution >= 0.6 is 0 Å². The summed E-state index contributed by atoms with van der Waals surface area (Å²) in [4.78, 5) is 16.7. The second kappa shape index (κ2) is 8.45. The standard InChI is InChI=1S/C22H27N5O2/c1-14(29-18-11-7-16(8-12-18)22(2,3)4)21(28)24-17-9-5-15(6-10-17)20-25-19(13-23)26-27-20/h5-12,14H,13,23H2,1-4H3,(H,24,28)(H,25,26,27). The Labute approximate surface area is 170 Å². The number of amides is 1. The van der Waals surface area contributed by atoms with E-state index in [1.54, 1.807) is 19.1 Å². The molecule has 0 saturated heterocycles. The normalized spacial score (nSPS) is 12.4. The van der Waals surface area contributed by atoms with Crippen LogP contribution in [0.1, 0.15) is 39.1 Å². The molecule has 2 aromatic carbocycles. The van der Waals surface area contributed by atoms with E-state index < -0.39 is 6.10 Å². The van der Waals surface area contributed by atoms with E-state index in [2.05, 4.69) is 41.3 Å². The zero-order valence-corrected chi connectivity index (χ0v) is 17.2. The van der Waals surface area contributed by atoms with Gasteiger partial charge in [0.25, 0.3) is 5.91 Å². The third kappa shape index (κ3) is 5.20. The van der Waals surface area contributed by atoms with Gasteiger partial charge in [0, 0.05) is 11.3 Å². The lowest BCUT2D eigenvalue weighted by Gasteiger charge is -2.20. The van der Waals surface area contributed by atoms with Crippen LogP contribution in [-0.2, 0) is 16.8 Å². The molecule has 0 aliphatic rings. The number of aromatic amines is 1. The molecule has 0 aliphatic carbocycles. The maximum atomic E-state index is 12.5. The van der Waals surface area contributed by atoms with Gasteiger partial charge in [-0.3, -0.25) is 9.89 Å². The predicted octanol–water partition coefficient (Wildman–Crippen LogP) is 3.63. The van der Waals surface area contributed by atoms with E-state index in [0.717, 1.165) is 5.56 Å². The number of rotatable bonds is 6. The third-order valence-electron chi connectivity index (χ3n) is 4.54. The number of hydrogen-bond donors (Lipinski definition) is 3. The highest BCUT2D eigenvalue weighted by Crippen LogP contribution is 2.25. The molecule has 0 bridgehead atoms. The first-order chi connectivity index (χ1) is 13.8. The second-order valence-corrected chi connectivity index (χ2v) is 7.91. The van der Waals surface area contributed by atoms with Gasteiger partial charge in [-0.1, -0.05) is 32.9 Å². The minimum absolute atomic E-state index is 0.0744. The predicted molar refractivity (Wildman–Crippen MR) is 114 cm³/mol. The number of H-pyrrole nitrogens is 1. The molecule has 3 rings (SSSR count). The molecule has 7 nitrogen and oxygen atoms in total. The van der Waals surface area contributed by atoms with Crippen LogP contribution in [0, 0.1) is 0 Å². The first-order valence-corrected chi connectivity index (χ1v) is 9.56. The van der Waals surface area contributed by atoms with Gasteiger partial charge >= 0.3 is 0 Å². The van der Waals surface area contributed by atoms with E-state index in [1.165, 1.54) is 5.56 Å². The van der Waals surface area contributed by atoms with Crippen molar-refractivity contribution in [2.45, 2.75) is 45.8 Å². The van der Waals surface area contributed by atoms with Crippen molar-refractivity contribution >= 4 is 11.6 Å². The van der Waals surface area contributed by atoms with Gasteiger partial charge in [-0.15, -0.1) is 0 Å². The van der Waals surface area contributed by atoms with Crippen molar-refractivity contribution in [3.63, 3.8) is 0 Å². The fraction of sp³-hybridized carbons (Fsp3) is 0.318. The van der Waals surface area contributed by atoms with Crippen LogP contribution < -0.4 is 15.8 Å². The van der Waals surface area contributed by atoms with Crippen LogP contribution in [0.5, 0.6) is 5.75 Å². The molecule has 4 N–H and O–H groups in total. The van der Waals surface area contributed by atoms with Crippen molar-refractivity contribution in [3.8, 4) is 17.1 Å². The zero-order chi connectivity index (χ0) is 21.0. The lowest BCUT2D eigenvalue weighted by Crippen LogP contribution is -2.30. The number of carbonyl (C=O) groups excluding carboxylic acids is 1. The zero-order valence-electron chi connectivity index (χ0n) is 17.2. The number of ether oxygens (including phenoxy) is 1. The van der Waals surface area contributed by atoms with Crippen LogP contribution in [0.25, 0.3) is 11.4 Å². The molecule has 152 valence electrons. The maximum Gasteiger partial charge on any atom is 0.265 e. The molecule has 0 fully saturated rings. The molecule has 29 heavy (non-hydrogen) atoms. The highest BCUT2D eigenvalue weighted by atomic mass is 16.5. The SMILES string of the molecule is CC(Oc1ccc(C(C)(C)C)cc1)C(=O)Nc1ccc(-c2n[nH]c(CN)n2)cc1. The van der Waals surface area contributed by atoms with E-state index in [0.29, 0.717) is 29.6 Å². The fourth-order valence-corrected chi connectivity index (χ4v) is 2.75. The third-order valence-corrected chi connectivity index (χ3v) is 4.54. The molecule has 1 amide bonds. The largest absolute Gasteiger partial charge is 0.481 e. The van der Waals surface area contributed by atoms with E-state index in [-0.39, 0.29) is 11.3 Å². The summed E-state index contributed by atoms with van der Waals surface area (Å²) in [7, 11) is 0. The molecule has 0 saturated carbocycles. The van der Waals surface area contributed by atoms with Gasteiger partial charge in [0.15, 0.2) is 11.9 Å². The smallest absolute Gasteiger partial charge is 0.265 e. The average Bonchev–Trinajstić information content (AvgIpc) is 3.17. The molecule has 0 spiro atoms. The van der Waals surface area contributed by atoms with Gasteiger partial charge in [-0.25, -0.2) is 4.98 Å². The Morgan fingerprint density at radius 2 is 1.79 bits per heavy atom. The molecule has 3 aromatic rings. The summed E-state index contributed by atoms with van der Waals surface area (Å²) in [6.07, 6.45) is -0.629. The number of nitrogens with zero attached hydrogens (tertiary/aromatic N) is 2. The Balaban J connectivity index is 1.59. The van der Waals surface area contributed by atoms with Crippen LogP contribution in [-0.4, -0.2) is 27.2 Å². The number of hydrogen-bond acceptors (Lipinski definition) is 5. The topological polar surface area (TPSA) is 106 Å². The number of aromatic nitrogens is 3. The molecule has 0 radical (unpaired) electrons. The van der Waals surface area contributed by atoms with Crippen molar-refractivity contribution in [1.82, 2.24) is 15.2 Å². The highest BCUT2D eigenvalue weighted by Gasteiger charge is 2.17. The Morgan fingerprint density at radius 1 is 1.14 bits per heavy atom. The fourth-order valence-electron chi connectivity index (χ4n) is 2.75. The van der Waals surface area contributed by atoms with Gasteiger partial charge in [0.1, 0.15) is 11.6 Å². The molecular formula is C22H27N5O2. The number of anilines is 1. The molecular weight excluding hydrogens is 366 g/mol. The summed E-state index contributed by atoms with van der Waals surface area (Å²) in [5.41, 5.74) is 8.33. The number of nitrogens with one attached hydrogen (secondary N) is 2. The Hall–Kier alpha value is -3.19. The summed E-state index contributed by atoms with van der Waals surface area (Å²) in [6.45, 7) is 8.50. The Bertz CT molecular complexity index is 956. The minimum atomic E-state index is -0.629. The molecule has 1 heterocycles. The molecule has 7 heteroatoms. The molecule has 1 unspecified atom stereocenters. The van der Waals surface area contributed by atoms with E-state index in [9.17, 15) is 4.79 Å². The van der Waals surface area contributed by atoms with E-state index in [1.807, 2.05) is 36.4 Å². The Morgan fingerprint density at radius 3 is 2.34 bits per heavy atom. The average molecular weight is 393 g/mol. The first-order valence-electron chi connectivity index (χ1n) is 9.56. The van der Waals surface area contributed by atoms with Crippen LogP contribution in [0.4, 0.5) is 5.69 Å². The van der Waals surface area contributed by atoms with Crippen LogP contribution in [0.3, 0.4) is 0 Å². The number of carbonyl (C=O) groups is 1. The van der Waals surface area contributed by atoms with Gasteiger partial charge in [0.05, 0.1) is 6.54 Å². The van der Waals surface area contributed by atoms with Gasteiger partial charge < -0.3 is 15.8 Å². The van der Waals surface area contributed by atoms with Crippen LogP contribution in [0.2, 0.25) is 0 Å². The van der Waals surface area contributed by atoms with E-state index >= 15 is 0 Å². The van der Waals surface area contributed by atoms with Crippen LogP contribution in [0.15, 0.2) is 48.5 Å². The summed E-state index contributed by atoms with van der Waals surface area (Å²) < 4.78 is 5.78. The lowest BCUT2D eigenvalue weighted by atomic mass is 9.87. The number of benzene rings is 2. The van der Waals surface area contributed by atoms with Crippen molar-refractivity contribution in [1.29, 1.82) is 0 Å². The second-order valence-electron chi connectivity index (χ2n) is 7.91. The quantitative estimate of drug-likeness (QED) is 0.593. The van der Waals surface area contributed by atoms with Crippen molar-refractivity contribution in [2.75, 3.05) is 5.32 Å². The summed E-state index contributed by atoms with van der Waals surface area (Å²) >= 11 is 0.